The third-order valence-corrected chi connectivity index (χ3v) is 3.91. The number of benzene rings is 1. The van der Waals surface area contributed by atoms with Gasteiger partial charge in [-0.05, 0) is 62.4 Å². The molecule has 1 aromatic rings. The van der Waals surface area contributed by atoms with Crippen LogP contribution in [-0.2, 0) is 6.54 Å². The van der Waals surface area contributed by atoms with E-state index in [0.29, 0.717) is 5.92 Å². The summed E-state index contributed by atoms with van der Waals surface area (Å²) in [7, 11) is 0. The Hall–Kier alpha value is -0.860. The van der Waals surface area contributed by atoms with Crippen molar-refractivity contribution in [2.75, 3.05) is 19.6 Å². The van der Waals surface area contributed by atoms with E-state index in [-0.39, 0.29) is 0 Å². The predicted molar refractivity (Wildman–Crippen MR) is 73.0 cm³/mol. The molecule has 0 bridgehead atoms. The molecule has 94 valence electrons. The number of nitrogens with two attached hydrogens (primary N) is 1. The van der Waals surface area contributed by atoms with Crippen molar-refractivity contribution >= 4 is 0 Å². The highest BCUT2D eigenvalue weighted by Gasteiger charge is 2.18. The largest absolute Gasteiger partial charge is 0.330 e. The summed E-state index contributed by atoms with van der Waals surface area (Å²) in [5, 5.41) is 0. The van der Waals surface area contributed by atoms with Gasteiger partial charge in [-0.3, -0.25) is 4.90 Å². The SMILES string of the molecule is Cc1ccc(CN2CCCC(CN)C2)cc1C. The molecule has 1 fully saturated rings. The molecule has 2 rings (SSSR count). The van der Waals surface area contributed by atoms with E-state index >= 15 is 0 Å². The molecule has 1 atom stereocenters. The van der Waals surface area contributed by atoms with Crippen LogP contribution in [0.25, 0.3) is 0 Å². The van der Waals surface area contributed by atoms with Gasteiger partial charge in [-0.1, -0.05) is 18.2 Å². The first-order chi connectivity index (χ1) is 8.19. The highest BCUT2D eigenvalue weighted by molar-refractivity contribution is 5.29. The van der Waals surface area contributed by atoms with Crippen molar-refractivity contribution in [1.82, 2.24) is 4.90 Å². The summed E-state index contributed by atoms with van der Waals surface area (Å²) in [6, 6.07) is 6.81. The lowest BCUT2D eigenvalue weighted by atomic mass is 9.97. The zero-order valence-electron chi connectivity index (χ0n) is 11.1. The van der Waals surface area contributed by atoms with E-state index in [1.165, 1.54) is 42.6 Å². The second-order valence-electron chi connectivity index (χ2n) is 5.40. The van der Waals surface area contributed by atoms with E-state index < -0.39 is 0 Å². The van der Waals surface area contributed by atoms with Crippen LogP contribution < -0.4 is 5.73 Å². The molecule has 1 saturated heterocycles. The summed E-state index contributed by atoms with van der Waals surface area (Å²) in [5.74, 6) is 0.704. The van der Waals surface area contributed by atoms with Crippen LogP contribution in [0.5, 0.6) is 0 Å². The van der Waals surface area contributed by atoms with Crippen molar-refractivity contribution < 1.29 is 0 Å². The molecular formula is C15H24N2. The zero-order chi connectivity index (χ0) is 12.3. The molecular weight excluding hydrogens is 208 g/mol. The molecule has 0 aromatic heterocycles. The van der Waals surface area contributed by atoms with Crippen molar-refractivity contribution in [1.29, 1.82) is 0 Å². The molecule has 2 N–H and O–H groups in total. The summed E-state index contributed by atoms with van der Waals surface area (Å²) in [6.07, 6.45) is 2.60. The molecule has 1 unspecified atom stereocenters. The number of hydrogen-bond acceptors (Lipinski definition) is 2. The van der Waals surface area contributed by atoms with Crippen LogP contribution in [0, 0.1) is 19.8 Å². The van der Waals surface area contributed by atoms with Gasteiger partial charge in [-0.25, -0.2) is 0 Å². The van der Waals surface area contributed by atoms with Crippen LogP contribution in [0.15, 0.2) is 18.2 Å². The number of aryl methyl sites for hydroxylation is 2. The molecule has 0 radical (unpaired) electrons. The first-order valence-corrected chi connectivity index (χ1v) is 6.67. The number of likely N-dealkylation sites (tertiary alicyclic amines) is 1. The standard InChI is InChI=1S/C15H24N2/c1-12-5-6-14(8-13(12)2)10-17-7-3-4-15(9-16)11-17/h5-6,8,15H,3-4,7,9-11,16H2,1-2H3. The Balaban J connectivity index is 1.97. The van der Waals surface area contributed by atoms with Gasteiger partial charge < -0.3 is 5.73 Å². The van der Waals surface area contributed by atoms with Gasteiger partial charge >= 0.3 is 0 Å². The fraction of sp³-hybridized carbons (Fsp3) is 0.600. The average molecular weight is 232 g/mol. The van der Waals surface area contributed by atoms with Crippen molar-refractivity contribution in [3.05, 3.63) is 34.9 Å². The third-order valence-electron chi connectivity index (χ3n) is 3.91. The van der Waals surface area contributed by atoms with E-state index in [4.69, 9.17) is 5.73 Å². The van der Waals surface area contributed by atoms with Crippen LogP contribution in [0.1, 0.15) is 29.5 Å². The molecule has 2 nitrogen and oxygen atoms in total. The van der Waals surface area contributed by atoms with E-state index in [0.717, 1.165) is 13.1 Å². The molecule has 2 heteroatoms. The summed E-state index contributed by atoms with van der Waals surface area (Å²) in [4.78, 5) is 2.55. The molecule has 0 saturated carbocycles. The maximum absolute atomic E-state index is 5.78. The quantitative estimate of drug-likeness (QED) is 0.867. The fourth-order valence-corrected chi connectivity index (χ4v) is 2.65. The van der Waals surface area contributed by atoms with Gasteiger partial charge in [-0.15, -0.1) is 0 Å². The number of nitrogens with zero attached hydrogens (tertiary/aromatic N) is 1. The molecule has 1 aromatic carbocycles. The first-order valence-electron chi connectivity index (χ1n) is 6.67. The van der Waals surface area contributed by atoms with Gasteiger partial charge in [0.25, 0.3) is 0 Å². The lowest BCUT2D eigenvalue weighted by Crippen LogP contribution is -2.37. The third kappa shape index (κ3) is 3.30. The molecule has 17 heavy (non-hydrogen) atoms. The lowest BCUT2D eigenvalue weighted by molar-refractivity contribution is 0.171. The molecule has 0 spiro atoms. The Morgan fingerprint density at radius 2 is 2.12 bits per heavy atom. The van der Waals surface area contributed by atoms with Gasteiger partial charge in [0.15, 0.2) is 0 Å². The van der Waals surface area contributed by atoms with Crippen LogP contribution >= 0.6 is 0 Å². The minimum Gasteiger partial charge on any atom is -0.330 e. The summed E-state index contributed by atoms with van der Waals surface area (Å²) in [6.45, 7) is 8.68. The monoisotopic (exact) mass is 232 g/mol. The highest BCUT2D eigenvalue weighted by Crippen LogP contribution is 2.18. The van der Waals surface area contributed by atoms with E-state index in [9.17, 15) is 0 Å². The Morgan fingerprint density at radius 1 is 1.29 bits per heavy atom. The van der Waals surface area contributed by atoms with Crippen molar-refractivity contribution in [3.63, 3.8) is 0 Å². The molecule has 0 amide bonds. The lowest BCUT2D eigenvalue weighted by Gasteiger charge is -2.32. The first kappa shape index (κ1) is 12.6. The van der Waals surface area contributed by atoms with Crippen LogP contribution in [0.2, 0.25) is 0 Å². The molecule has 0 aliphatic carbocycles. The normalized spacial score (nSPS) is 21.7. The summed E-state index contributed by atoms with van der Waals surface area (Å²) in [5.41, 5.74) is 9.99. The molecule has 1 aliphatic heterocycles. The van der Waals surface area contributed by atoms with E-state index in [2.05, 4.69) is 36.9 Å². The zero-order valence-corrected chi connectivity index (χ0v) is 11.1. The van der Waals surface area contributed by atoms with Crippen molar-refractivity contribution in [2.45, 2.75) is 33.2 Å². The van der Waals surface area contributed by atoms with Crippen LogP contribution in [0.4, 0.5) is 0 Å². The maximum Gasteiger partial charge on any atom is 0.0233 e. The summed E-state index contributed by atoms with van der Waals surface area (Å²) >= 11 is 0. The Morgan fingerprint density at radius 3 is 2.82 bits per heavy atom. The topological polar surface area (TPSA) is 29.3 Å². The minimum atomic E-state index is 0.704. The van der Waals surface area contributed by atoms with Gasteiger partial charge in [0.2, 0.25) is 0 Å². The Kier molecular flexibility index (Phi) is 4.19. The van der Waals surface area contributed by atoms with Gasteiger partial charge in [0.05, 0.1) is 0 Å². The Labute approximate surface area is 105 Å². The summed E-state index contributed by atoms with van der Waals surface area (Å²) < 4.78 is 0. The fourth-order valence-electron chi connectivity index (χ4n) is 2.65. The second kappa shape index (κ2) is 5.65. The van der Waals surface area contributed by atoms with E-state index in [1.807, 2.05) is 0 Å². The maximum atomic E-state index is 5.78. The smallest absolute Gasteiger partial charge is 0.0233 e. The molecule has 1 heterocycles. The number of hydrogen-bond donors (Lipinski definition) is 1. The van der Waals surface area contributed by atoms with Gasteiger partial charge in [0.1, 0.15) is 0 Å². The predicted octanol–water partition coefficient (Wildman–Crippen LogP) is 2.47. The average Bonchev–Trinajstić information content (AvgIpc) is 2.34. The van der Waals surface area contributed by atoms with Crippen molar-refractivity contribution in [3.8, 4) is 0 Å². The van der Waals surface area contributed by atoms with Gasteiger partial charge in [-0.2, -0.15) is 0 Å². The molecule has 1 aliphatic rings. The van der Waals surface area contributed by atoms with Crippen LogP contribution in [-0.4, -0.2) is 24.5 Å². The van der Waals surface area contributed by atoms with Crippen LogP contribution in [0.3, 0.4) is 0 Å². The van der Waals surface area contributed by atoms with E-state index in [1.54, 1.807) is 0 Å². The Bertz CT molecular complexity index is 373. The highest BCUT2D eigenvalue weighted by atomic mass is 15.1. The van der Waals surface area contributed by atoms with Gasteiger partial charge in [0, 0.05) is 13.1 Å². The number of piperidine rings is 1. The van der Waals surface area contributed by atoms with Crippen molar-refractivity contribution in [2.24, 2.45) is 11.7 Å². The minimum absolute atomic E-state index is 0.704. The second-order valence-corrected chi connectivity index (χ2v) is 5.40. The number of rotatable bonds is 3.